The van der Waals surface area contributed by atoms with Gasteiger partial charge in [0.2, 0.25) is 0 Å². The lowest BCUT2D eigenvalue weighted by Crippen LogP contribution is -2.40. The van der Waals surface area contributed by atoms with Crippen LogP contribution >= 0.6 is 0 Å². The number of allylic oxidation sites excluding steroid dienone is 2. The summed E-state index contributed by atoms with van der Waals surface area (Å²) in [5.41, 5.74) is 1.35. The van der Waals surface area contributed by atoms with Crippen LogP contribution in [0.15, 0.2) is 41.3 Å². The van der Waals surface area contributed by atoms with Gasteiger partial charge in [-0.2, -0.15) is 0 Å². The van der Waals surface area contributed by atoms with Gasteiger partial charge in [-0.1, -0.05) is 70.1 Å². The maximum Gasteiger partial charge on any atom is 0.104 e. The number of ether oxygens (including phenoxy) is 1. The summed E-state index contributed by atoms with van der Waals surface area (Å²) in [7, 11) is -1.71. The molecule has 1 aromatic carbocycles. The van der Waals surface area contributed by atoms with Gasteiger partial charge in [0.15, 0.2) is 0 Å². The van der Waals surface area contributed by atoms with Crippen LogP contribution in [0.25, 0.3) is 0 Å². The molecule has 2 heteroatoms. The summed E-state index contributed by atoms with van der Waals surface area (Å²) < 4.78 is 6.07. The molecular formula is C21H32OSi. The van der Waals surface area contributed by atoms with Crippen LogP contribution in [0.4, 0.5) is 0 Å². The average molecular weight is 329 g/mol. The Morgan fingerprint density at radius 1 is 1.13 bits per heavy atom. The molecule has 0 heterocycles. The van der Waals surface area contributed by atoms with Crippen molar-refractivity contribution in [1.82, 2.24) is 0 Å². The van der Waals surface area contributed by atoms with Crippen molar-refractivity contribution >= 4 is 8.07 Å². The van der Waals surface area contributed by atoms with Crippen molar-refractivity contribution in [1.29, 1.82) is 0 Å². The lowest BCUT2D eigenvalue weighted by Gasteiger charge is -2.38. The van der Waals surface area contributed by atoms with Gasteiger partial charge in [-0.05, 0) is 30.9 Å². The molecule has 0 radical (unpaired) electrons. The van der Waals surface area contributed by atoms with Crippen LogP contribution in [0, 0.1) is 11.8 Å². The molecule has 1 aromatic rings. The topological polar surface area (TPSA) is 9.23 Å². The number of hydrogen-bond acceptors (Lipinski definition) is 1. The summed E-state index contributed by atoms with van der Waals surface area (Å²) in [5.74, 6) is 7.66. The Morgan fingerprint density at radius 2 is 1.74 bits per heavy atom. The second kappa shape index (κ2) is 8.41. The first-order valence-corrected chi connectivity index (χ1v) is 11.6. The maximum atomic E-state index is 6.07. The molecule has 0 aromatic heterocycles. The van der Waals surface area contributed by atoms with Crippen LogP contribution in [-0.4, -0.2) is 14.7 Å². The molecule has 0 saturated heterocycles. The van der Waals surface area contributed by atoms with Crippen molar-refractivity contribution in [3.63, 3.8) is 0 Å². The van der Waals surface area contributed by atoms with Crippen molar-refractivity contribution in [2.75, 3.05) is 6.61 Å². The van der Waals surface area contributed by atoms with E-state index in [1.165, 1.54) is 10.8 Å². The first kappa shape index (κ1) is 19.6. The number of benzene rings is 1. The van der Waals surface area contributed by atoms with Crippen molar-refractivity contribution in [3.05, 3.63) is 46.9 Å². The van der Waals surface area contributed by atoms with E-state index in [2.05, 4.69) is 83.0 Å². The second-order valence-corrected chi connectivity index (χ2v) is 12.7. The van der Waals surface area contributed by atoms with E-state index >= 15 is 0 Å². The van der Waals surface area contributed by atoms with Crippen LogP contribution in [0.5, 0.6) is 0 Å². The lowest BCUT2D eigenvalue weighted by atomic mass is 10.1. The third kappa shape index (κ3) is 5.29. The fraction of sp³-hybridized carbons (Fsp3) is 0.524. The highest BCUT2D eigenvalue weighted by Gasteiger charge is 2.40. The highest BCUT2D eigenvalue weighted by atomic mass is 28.3. The molecular weight excluding hydrogens is 296 g/mol. The zero-order valence-corrected chi connectivity index (χ0v) is 16.9. The highest BCUT2D eigenvalue weighted by molar-refractivity contribution is 6.87. The molecule has 126 valence electrons. The summed E-state index contributed by atoms with van der Waals surface area (Å²) in [6, 6.07) is 10.6. The number of rotatable bonds is 6. The predicted octanol–water partition coefficient (Wildman–Crippen LogP) is 5.98. The van der Waals surface area contributed by atoms with E-state index in [1.54, 1.807) is 0 Å². The molecule has 1 nitrogen and oxygen atoms in total. The second-order valence-electron chi connectivity index (χ2n) is 7.47. The molecule has 0 amide bonds. The predicted molar refractivity (Wildman–Crippen MR) is 104 cm³/mol. The van der Waals surface area contributed by atoms with Crippen LogP contribution in [0.2, 0.25) is 18.1 Å². The van der Waals surface area contributed by atoms with E-state index in [9.17, 15) is 0 Å². The number of aryl methyl sites for hydroxylation is 1. The van der Waals surface area contributed by atoms with Crippen molar-refractivity contribution in [2.24, 2.45) is 0 Å². The molecule has 0 unspecified atom stereocenters. The maximum absolute atomic E-state index is 6.07. The van der Waals surface area contributed by atoms with Crippen molar-refractivity contribution in [3.8, 4) is 11.8 Å². The fourth-order valence-corrected chi connectivity index (χ4v) is 4.50. The molecule has 0 saturated carbocycles. The van der Waals surface area contributed by atoms with Crippen LogP contribution in [0.3, 0.4) is 0 Å². The Hall–Kier alpha value is -1.46. The number of hydrogen-bond donors (Lipinski definition) is 0. The minimum absolute atomic E-state index is 0.251. The van der Waals surface area contributed by atoms with Gasteiger partial charge in [-0.15, -0.1) is 5.92 Å². The third-order valence-corrected chi connectivity index (χ3v) is 10.2. The van der Waals surface area contributed by atoms with Gasteiger partial charge in [0, 0.05) is 11.6 Å². The van der Waals surface area contributed by atoms with Crippen LogP contribution in [-0.2, 0) is 11.2 Å². The SMILES string of the molecule is CC#C/C(=C(\CCc1ccccc1)OCC)[Si](C)(C)C(C)(C)C. The van der Waals surface area contributed by atoms with E-state index in [1.807, 2.05) is 6.92 Å². The van der Waals surface area contributed by atoms with E-state index in [-0.39, 0.29) is 5.04 Å². The summed E-state index contributed by atoms with van der Waals surface area (Å²) in [4.78, 5) is 0. The van der Waals surface area contributed by atoms with E-state index < -0.39 is 8.07 Å². The molecule has 0 N–H and O–H groups in total. The summed E-state index contributed by atoms with van der Waals surface area (Å²) in [5, 5.41) is 1.53. The Morgan fingerprint density at radius 3 is 2.22 bits per heavy atom. The van der Waals surface area contributed by atoms with Gasteiger partial charge in [-0.3, -0.25) is 0 Å². The van der Waals surface area contributed by atoms with Gasteiger partial charge in [-0.25, -0.2) is 0 Å². The normalized spacial score (nSPS) is 13.0. The molecule has 0 aliphatic carbocycles. The highest BCUT2D eigenvalue weighted by Crippen LogP contribution is 2.42. The summed E-state index contributed by atoms with van der Waals surface area (Å²) in [6.45, 7) is 16.5. The lowest BCUT2D eigenvalue weighted by molar-refractivity contribution is 0.217. The van der Waals surface area contributed by atoms with Gasteiger partial charge in [0.1, 0.15) is 13.8 Å². The Labute approximate surface area is 144 Å². The molecule has 0 atom stereocenters. The summed E-state index contributed by atoms with van der Waals surface area (Å²) >= 11 is 0. The molecule has 0 aliphatic rings. The Balaban J connectivity index is 3.21. The van der Waals surface area contributed by atoms with Gasteiger partial charge in [0.05, 0.1) is 6.61 Å². The zero-order chi connectivity index (χ0) is 17.5. The quantitative estimate of drug-likeness (QED) is 0.354. The van der Waals surface area contributed by atoms with Crippen LogP contribution < -0.4 is 0 Å². The van der Waals surface area contributed by atoms with Gasteiger partial charge >= 0.3 is 0 Å². The average Bonchev–Trinajstić information content (AvgIpc) is 2.49. The monoisotopic (exact) mass is 328 g/mol. The van der Waals surface area contributed by atoms with E-state index in [0.29, 0.717) is 6.61 Å². The zero-order valence-electron chi connectivity index (χ0n) is 15.9. The van der Waals surface area contributed by atoms with Crippen molar-refractivity contribution in [2.45, 2.75) is 65.6 Å². The fourth-order valence-electron chi connectivity index (χ4n) is 2.42. The first-order valence-electron chi connectivity index (χ1n) is 8.57. The van der Waals surface area contributed by atoms with Crippen LogP contribution in [0.1, 0.15) is 46.6 Å². The Bertz CT molecular complexity index is 580. The molecule has 0 bridgehead atoms. The Kier molecular flexibility index (Phi) is 7.16. The largest absolute Gasteiger partial charge is 0.498 e. The molecule has 1 rings (SSSR count). The summed E-state index contributed by atoms with van der Waals surface area (Å²) in [6.07, 6.45) is 1.92. The molecule has 0 spiro atoms. The standard InChI is InChI=1S/C21H32OSi/c1-8-13-20(23(6,7)21(3,4)5)19(22-9-2)17-16-18-14-11-10-12-15-18/h10-12,14-15H,9,16-17H2,1-7H3/b20-19-. The van der Waals surface area contributed by atoms with Crippen molar-refractivity contribution < 1.29 is 4.74 Å². The third-order valence-electron chi connectivity index (χ3n) is 4.83. The molecule has 0 aliphatic heterocycles. The van der Waals surface area contributed by atoms with E-state index in [4.69, 9.17) is 4.74 Å². The minimum Gasteiger partial charge on any atom is -0.498 e. The van der Waals surface area contributed by atoms with Gasteiger partial charge < -0.3 is 4.74 Å². The molecule has 0 fully saturated rings. The smallest absolute Gasteiger partial charge is 0.104 e. The minimum atomic E-state index is -1.71. The van der Waals surface area contributed by atoms with Gasteiger partial charge in [0.25, 0.3) is 0 Å². The molecule has 23 heavy (non-hydrogen) atoms. The first-order chi connectivity index (χ1) is 10.7. The van der Waals surface area contributed by atoms with E-state index in [0.717, 1.165) is 18.6 Å².